The first-order chi connectivity index (χ1) is 12.4. The van der Waals surface area contributed by atoms with Gasteiger partial charge in [0.25, 0.3) is 0 Å². The van der Waals surface area contributed by atoms with Gasteiger partial charge in [-0.15, -0.1) is 0 Å². The number of aryl methyl sites for hydroxylation is 1. The van der Waals surface area contributed by atoms with E-state index in [1.54, 1.807) is 29.2 Å². The standard InChI is InChI=1S/C18H24N6O2/c1-11-10-17(26)22-18(20-11)24-13(3)15(12(2)23-24)4-5-16(25)21-14-6-8-19-9-7-14/h6-9,11,18,20H,4-5,10H2,1-3H3,(H,22,26)(H,19,21,25). The number of hydrogen-bond acceptors (Lipinski definition) is 5. The minimum absolute atomic E-state index is 0.00656. The molecule has 2 amide bonds. The van der Waals surface area contributed by atoms with Crippen LogP contribution < -0.4 is 16.0 Å². The molecule has 0 spiro atoms. The zero-order chi connectivity index (χ0) is 18.7. The molecule has 1 fully saturated rings. The van der Waals surface area contributed by atoms with Crippen LogP contribution in [0.3, 0.4) is 0 Å². The summed E-state index contributed by atoms with van der Waals surface area (Å²) in [6.45, 7) is 5.86. The second-order valence-corrected chi connectivity index (χ2v) is 6.62. The van der Waals surface area contributed by atoms with E-state index in [0.29, 0.717) is 19.3 Å². The third kappa shape index (κ3) is 4.08. The fourth-order valence-electron chi connectivity index (χ4n) is 3.20. The Morgan fingerprint density at radius 2 is 2.08 bits per heavy atom. The van der Waals surface area contributed by atoms with Gasteiger partial charge in [-0.05, 0) is 44.9 Å². The van der Waals surface area contributed by atoms with Gasteiger partial charge in [0, 0.05) is 42.7 Å². The van der Waals surface area contributed by atoms with Gasteiger partial charge in [-0.25, -0.2) is 4.68 Å². The summed E-state index contributed by atoms with van der Waals surface area (Å²) in [7, 11) is 0. The Balaban J connectivity index is 1.66. The first kappa shape index (κ1) is 18.1. The molecule has 3 rings (SSSR count). The first-order valence-electron chi connectivity index (χ1n) is 8.74. The van der Waals surface area contributed by atoms with Gasteiger partial charge in [-0.1, -0.05) is 0 Å². The first-order valence-corrected chi connectivity index (χ1v) is 8.74. The zero-order valence-electron chi connectivity index (χ0n) is 15.2. The highest BCUT2D eigenvalue weighted by Gasteiger charge is 2.26. The molecule has 2 aromatic heterocycles. The van der Waals surface area contributed by atoms with E-state index < -0.39 is 0 Å². The summed E-state index contributed by atoms with van der Waals surface area (Å²) < 4.78 is 1.79. The van der Waals surface area contributed by atoms with Crippen molar-refractivity contribution in [3.63, 3.8) is 0 Å². The molecule has 138 valence electrons. The molecule has 8 nitrogen and oxygen atoms in total. The van der Waals surface area contributed by atoms with E-state index in [0.717, 1.165) is 22.6 Å². The van der Waals surface area contributed by atoms with E-state index in [2.05, 4.69) is 26.0 Å². The molecule has 0 bridgehead atoms. The lowest BCUT2D eigenvalue weighted by Crippen LogP contribution is -2.52. The van der Waals surface area contributed by atoms with Crippen LogP contribution in [0.1, 0.15) is 43.0 Å². The third-order valence-corrected chi connectivity index (χ3v) is 4.52. The van der Waals surface area contributed by atoms with E-state index in [1.165, 1.54) is 0 Å². The smallest absolute Gasteiger partial charge is 0.224 e. The van der Waals surface area contributed by atoms with Crippen molar-refractivity contribution in [3.05, 3.63) is 41.5 Å². The topological polar surface area (TPSA) is 101 Å². The Morgan fingerprint density at radius 1 is 1.35 bits per heavy atom. The second kappa shape index (κ2) is 7.65. The summed E-state index contributed by atoms with van der Waals surface area (Å²) in [4.78, 5) is 27.9. The normalized spacial score (nSPS) is 19.9. The summed E-state index contributed by atoms with van der Waals surface area (Å²) in [5.74, 6) is -0.0486. The average Bonchev–Trinajstić information content (AvgIpc) is 2.87. The highest BCUT2D eigenvalue weighted by Crippen LogP contribution is 2.19. The van der Waals surface area contributed by atoms with Gasteiger partial charge in [0.2, 0.25) is 11.8 Å². The van der Waals surface area contributed by atoms with Gasteiger partial charge in [-0.3, -0.25) is 19.9 Å². The van der Waals surface area contributed by atoms with Gasteiger partial charge in [-0.2, -0.15) is 5.10 Å². The number of amides is 2. The second-order valence-electron chi connectivity index (χ2n) is 6.62. The predicted octanol–water partition coefficient (Wildman–Crippen LogP) is 1.42. The number of pyridine rings is 1. The number of aromatic nitrogens is 3. The van der Waals surface area contributed by atoms with Crippen LogP contribution in [0.15, 0.2) is 24.5 Å². The van der Waals surface area contributed by atoms with E-state index in [-0.39, 0.29) is 24.1 Å². The Morgan fingerprint density at radius 3 is 2.77 bits per heavy atom. The number of hydrogen-bond donors (Lipinski definition) is 3. The quantitative estimate of drug-likeness (QED) is 0.752. The largest absolute Gasteiger partial charge is 0.326 e. The molecule has 0 radical (unpaired) electrons. The van der Waals surface area contributed by atoms with Crippen molar-refractivity contribution < 1.29 is 9.59 Å². The van der Waals surface area contributed by atoms with Gasteiger partial charge in [0.1, 0.15) is 0 Å². The molecule has 1 saturated heterocycles. The number of nitrogens with one attached hydrogen (secondary N) is 3. The van der Waals surface area contributed by atoms with Crippen LogP contribution in [0.25, 0.3) is 0 Å². The lowest BCUT2D eigenvalue weighted by atomic mass is 10.1. The molecule has 3 heterocycles. The molecule has 26 heavy (non-hydrogen) atoms. The summed E-state index contributed by atoms with van der Waals surface area (Å²) >= 11 is 0. The van der Waals surface area contributed by atoms with Crippen molar-refractivity contribution in [1.29, 1.82) is 0 Å². The van der Waals surface area contributed by atoms with Crippen LogP contribution in [-0.2, 0) is 16.0 Å². The molecule has 1 aliphatic rings. The average molecular weight is 356 g/mol. The number of nitrogens with zero attached hydrogens (tertiary/aromatic N) is 3. The van der Waals surface area contributed by atoms with Crippen LogP contribution in [-0.4, -0.2) is 32.6 Å². The van der Waals surface area contributed by atoms with Crippen LogP contribution in [0.5, 0.6) is 0 Å². The monoisotopic (exact) mass is 356 g/mol. The summed E-state index contributed by atoms with van der Waals surface area (Å²) in [5, 5.41) is 13.7. The molecular formula is C18H24N6O2. The third-order valence-electron chi connectivity index (χ3n) is 4.52. The molecule has 1 aliphatic heterocycles. The number of rotatable bonds is 5. The van der Waals surface area contributed by atoms with Crippen molar-refractivity contribution in [2.24, 2.45) is 0 Å². The van der Waals surface area contributed by atoms with Crippen molar-refractivity contribution in [2.75, 3.05) is 5.32 Å². The lowest BCUT2D eigenvalue weighted by Gasteiger charge is -2.30. The number of anilines is 1. The fraction of sp³-hybridized carbons (Fsp3) is 0.444. The van der Waals surface area contributed by atoms with Crippen molar-refractivity contribution in [3.8, 4) is 0 Å². The predicted molar refractivity (Wildman–Crippen MR) is 97.3 cm³/mol. The van der Waals surface area contributed by atoms with Gasteiger partial charge in [0.05, 0.1) is 5.69 Å². The van der Waals surface area contributed by atoms with Gasteiger partial charge >= 0.3 is 0 Å². The number of carbonyl (C=O) groups excluding carboxylic acids is 2. The summed E-state index contributed by atoms with van der Waals surface area (Å²) in [5.41, 5.74) is 3.58. The Hall–Kier alpha value is -2.74. The Labute approximate surface area is 152 Å². The lowest BCUT2D eigenvalue weighted by molar-refractivity contribution is -0.125. The molecule has 2 aromatic rings. The minimum atomic E-state index is -0.357. The SMILES string of the molecule is Cc1nn(C2NC(=O)CC(C)N2)c(C)c1CCC(=O)Nc1ccncc1. The van der Waals surface area contributed by atoms with Gasteiger partial charge in [0.15, 0.2) is 6.29 Å². The molecule has 2 atom stereocenters. The maximum Gasteiger partial charge on any atom is 0.224 e. The van der Waals surface area contributed by atoms with Crippen LogP contribution in [0, 0.1) is 13.8 Å². The molecule has 3 N–H and O–H groups in total. The molecule has 2 unspecified atom stereocenters. The maximum absolute atomic E-state index is 12.2. The minimum Gasteiger partial charge on any atom is -0.326 e. The maximum atomic E-state index is 12.2. The highest BCUT2D eigenvalue weighted by molar-refractivity contribution is 5.90. The van der Waals surface area contributed by atoms with Gasteiger partial charge < -0.3 is 10.6 Å². The van der Waals surface area contributed by atoms with Crippen LogP contribution >= 0.6 is 0 Å². The zero-order valence-corrected chi connectivity index (χ0v) is 15.2. The highest BCUT2D eigenvalue weighted by atomic mass is 16.2. The molecule has 0 aromatic carbocycles. The van der Waals surface area contributed by atoms with Crippen LogP contribution in [0.2, 0.25) is 0 Å². The van der Waals surface area contributed by atoms with Crippen molar-refractivity contribution >= 4 is 17.5 Å². The number of carbonyl (C=O) groups is 2. The van der Waals surface area contributed by atoms with Crippen LogP contribution in [0.4, 0.5) is 5.69 Å². The summed E-state index contributed by atoms with van der Waals surface area (Å²) in [6.07, 6.45) is 4.32. The fourth-order valence-corrected chi connectivity index (χ4v) is 3.20. The summed E-state index contributed by atoms with van der Waals surface area (Å²) in [6, 6.07) is 3.60. The molecule has 0 saturated carbocycles. The Bertz CT molecular complexity index is 802. The van der Waals surface area contributed by atoms with Crippen molar-refractivity contribution in [1.82, 2.24) is 25.4 Å². The van der Waals surface area contributed by atoms with E-state index in [1.807, 2.05) is 20.8 Å². The Kier molecular flexibility index (Phi) is 5.32. The van der Waals surface area contributed by atoms with Crippen molar-refractivity contribution in [2.45, 2.75) is 52.4 Å². The van der Waals surface area contributed by atoms with E-state index in [9.17, 15) is 9.59 Å². The van der Waals surface area contributed by atoms with E-state index >= 15 is 0 Å². The molecule has 8 heteroatoms. The van der Waals surface area contributed by atoms with E-state index in [4.69, 9.17) is 0 Å². The molecular weight excluding hydrogens is 332 g/mol. The molecule has 0 aliphatic carbocycles.